The summed E-state index contributed by atoms with van der Waals surface area (Å²) in [6.07, 6.45) is 5.03. The normalized spacial score (nSPS) is 20.6. The van der Waals surface area contributed by atoms with Crippen LogP contribution in [0.1, 0.15) is 39.0 Å². The van der Waals surface area contributed by atoms with Crippen LogP contribution >= 0.6 is 0 Å². The third-order valence-electron chi connectivity index (χ3n) is 3.13. The summed E-state index contributed by atoms with van der Waals surface area (Å²) in [5.74, 6) is 0. The molecule has 0 aromatic carbocycles. The van der Waals surface area contributed by atoms with Crippen LogP contribution in [0.2, 0.25) is 0 Å². The highest BCUT2D eigenvalue weighted by Gasteiger charge is 2.32. The molecular formula is C11H23NO2. The first-order chi connectivity index (χ1) is 6.70. The minimum Gasteiger partial charge on any atom is -0.396 e. The SMILES string of the molecule is CCN(CCCO)CC1(O)CCCC1. The standard InChI is InChI=1S/C11H23NO2/c1-2-12(8-5-9-13)10-11(14)6-3-4-7-11/h13-14H,2-10H2,1H3. The summed E-state index contributed by atoms with van der Waals surface area (Å²) >= 11 is 0. The van der Waals surface area contributed by atoms with Crippen molar-refractivity contribution >= 4 is 0 Å². The number of aliphatic hydroxyl groups excluding tert-OH is 1. The Balaban J connectivity index is 2.30. The number of hydrogen-bond donors (Lipinski definition) is 2. The molecule has 0 saturated heterocycles. The molecule has 0 heterocycles. The predicted molar refractivity (Wildman–Crippen MR) is 57.2 cm³/mol. The van der Waals surface area contributed by atoms with E-state index in [-0.39, 0.29) is 6.61 Å². The van der Waals surface area contributed by atoms with Crippen LogP contribution in [0.4, 0.5) is 0 Å². The highest BCUT2D eigenvalue weighted by atomic mass is 16.3. The fourth-order valence-electron chi connectivity index (χ4n) is 2.25. The Kier molecular flexibility index (Phi) is 4.85. The van der Waals surface area contributed by atoms with Crippen LogP contribution in [0.3, 0.4) is 0 Å². The Hall–Kier alpha value is -0.120. The molecule has 0 unspecified atom stereocenters. The molecule has 84 valence electrons. The van der Waals surface area contributed by atoms with Crippen LogP contribution in [0.15, 0.2) is 0 Å². The van der Waals surface area contributed by atoms with Crippen molar-refractivity contribution in [2.45, 2.75) is 44.6 Å². The van der Waals surface area contributed by atoms with E-state index in [9.17, 15) is 5.11 Å². The van der Waals surface area contributed by atoms with Gasteiger partial charge < -0.3 is 15.1 Å². The molecule has 1 rings (SSSR count). The molecule has 0 atom stereocenters. The molecule has 3 heteroatoms. The molecule has 1 saturated carbocycles. The van der Waals surface area contributed by atoms with E-state index in [1.165, 1.54) is 0 Å². The zero-order valence-corrected chi connectivity index (χ0v) is 9.21. The van der Waals surface area contributed by atoms with E-state index in [4.69, 9.17) is 5.11 Å². The van der Waals surface area contributed by atoms with Crippen molar-refractivity contribution < 1.29 is 10.2 Å². The van der Waals surface area contributed by atoms with E-state index in [1.54, 1.807) is 0 Å². The second-order valence-corrected chi connectivity index (χ2v) is 4.38. The van der Waals surface area contributed by atoms with E-state index >= 15 is 0 Å². The summed E-state index contributed by atoms with van der Waals surface area (Å²) in [6.45, 7) is 4.99. The van der Waals surface area contributed by atoms with Gasteiger partial charge in [-0.15, -0.1) is 0 Å². The van der Waals surface area contributed by atoms with Crippen LogP contribution in [-0.2, 0) is 0 Å². The lowest BCUT2D eigenvalue weighted by Gasteiger charge is -2.30. The van der Waals surface area contributed by atoms with Crippen molar-refractivity contribution in [3.05, 3.63) is 0 Å². The van der Waals surface area contributed by atoms with Crippen molar-refractivity contribution in [1.82, 2.24) is 4.90 Å². The fourth-order valence-corrected chi connectivity index (χ4v) is 2.25. The molecule has 0 spiro atoms. The summed E-state index contributed by atoms with van der Waals surface area (Å²) in [6, 6.07) is 0. The van der Waals surface area contributed by atoms with Crippen molar-refractivity contribution in [1.29, 1.82) is 0 Å². The maximum absolute atomic E-state index is 10.2. The van der Waals surface area contributed by atoms with Crippen molar-refractivity contribution in [2.24, 2.45) is 0 Å². The van der Waals surface area contributed by atoms with E-state index in [0.717, 1.165) is 51.7 Å². The molecule has 0 aromatic heterocycles. The van der Waals surface area contributed by atoms with Crippen LogP contribution in [0.5, 0.6) is 0 Å². The lowest BCUT2D eigenvalue weighted by atomic mass is 10.0. The molecule has 1 aliphatic carbocycles. The van der Waals surface area contributed by atoms with E-state index in [1.807, 2.05) is 0 Å². The smallest absolute Gasteiger partial charge is 0.0774 e. The molecular weight excluding hydrogens is 178 g/mol. The van der Waals surface area contributed by atoms with E-state index in [0.29, 0.717) is 0 Å². The minimum atomic E-state index is -0.439. The summed E-state index contributed by atoms with van der Waals surface area (Å²) in [5, 5.41) is 18.9. The number of nitrogens with zero attached hydrogens (tertiary/aromatic N) is 1. The average Bonchev–Trinajstić information content (AvgIpc) is 2.60. The lowest BCUT2D eigenvalue weighted by Crippen LogP contribution is -2.41. The van der Waals surface area contributed by atoms with Gasteiger partial charge in [-0.05, 0) is 25.8 Å². The first-order valence-electron chi connectivity index (χ1n) is 5.76. The molecule has 0 bridgehead atoms. The molecule has 2 N–H and O–H groups in total. The zero-order chi connectivity index (χ0) is 10.4. The van der Waals surface area contributed by atoms with Crippen LogP contribution in [0, 0.1) is 0 Å². The van der Waals surface area contributed by atoms with Gasteiger partial charge in [0.25, 0.3) is 0 Å². The fraction of sp³-hybridized carbons (Fsp3) is 1.00. The third kappa shape index (κ3) is 3.56. The van der Waals surface area contributed by atoms with Gasteiger partial charge in [-0.1, -0.05) is 19.8 Å². The Bertz CT molecular complexity index is 155. The van der Waals surface area contributed by atoms with Crippen LogP contribution < -0.4 is 0 Å². The molecule has 0 aromatic rings. The molecule has 1 fully saturated rings. The highest BCUT2D eigenvalue weighted by Crippen LogP contribution is 2.30. The summed E-state index contributed by atoms with van der Waals surface area (Å²) in [4.78, 5) is 2.24. The van der Waals surface area contributed by atoms with Crippen LogP contribution in [0.25, 0.3) is 0 Å². The monoisotopic (exact) mass is 201 g/mol. The van der Waals surface area contributed by atoms with Gasteiger partial charge >= 0.3 is 0 Å². The number of aliphatic hydroxyl groups is 2. The van der Waals surface area contributed by atoms with E-state index in [2.05, 4.69) is 11.8 Å². The maximum Gasteiger partial charge on any atom is 0.0774 e. The Morgan fingerprint density at radius 2 is 1.93 bits per heavy atom. The molecule has 14 heavy (non-hydrogen) atoms. The van der Waals surface area contributed by atoms with Crippen molar-refractivity contribution in [3.63, 3.8) is 0 Å². The molecule has 3 nitrogen and oxygen atoms in total. The predicted octanol–water partition coefficient (Wildman–Crippen LogP) is 0.996. The lowest BCUT2D eigenvalue weighted by molar-refractivity contribution is 0.00940. The topological polar surface area (TPSA) is 43.7 Å². The molecule has 1 aliphatic rings. The summed E-state index contributed by atoms with van der Waals surface area (Å²) < 4.78 is 0. The Morgan fingerprint density at radius 1 is 1.29 bits per heavy atom. The zero-order valence-electron chi connectivity index (χ0n) is 9.21. The quantitative estimate of drug-likeness (QED) is 0.673. The van der Waals surface area contributed by atoms with Gasteiger partial charge in [-0.25, -0.2) is 0 Å². The average molecular weight is 201 g/mol. The molecule has 0 aliphatic heterocycles. The van der Waals surface area contributed by atoms with Gasteiger partial charge in [0.2, 0.25) is 0 Å². The molecule has 0 amide bonds. The maximum atomic E-state index is 10.2. The summed E-state index contributed by atoms with van der Waals surface area (Å²) in [7, 11) is 0. The largest absolute Gasteiger partial charge is 0.396 e. The second-order valence-electron chi connectivity index (χ2n) is 4.38. The number of rotatable bonds is 6. The van der Waals surface area contributed by atoms with Crippen LogP contribution in [-0.4, -0.2) is 47.0 Å². The van der Waals surface area contributed by atoms with Crippen molar-refractivity contribution in [3.8, 4) is 0 Å². The number of likely N-dealkylation sites (N-methyl/N-ethyl adjacent to an activating group) is 1. The minimum absolute atomic E-state index is 0.245. The Labute approximate surface area is 86.7 Å². The van der Waals surface area contributed by atoms with Gasteiger partial charge in [0.05, 0.1) is 5.60 Å². The summed E-state index contributed by atoms with van der Waals surface area (Å²) in [5.41, 5.74) is -0.439. The van der Waals surface area contributed by atoms with Gasteiger partial charge in [0.15, 0.2) is 0 Å². The van der Waals surface area contributed by atoms with Crippen molar-refractivity contribution in [2.75, 3.05) is 26.2 Å². The first-order valence-corrected chi connectivity index (χ1v) is 5.76. The van der Waals surface area contributed by atoms with Gasteiger partial charge in [-0.3, -0.25) is 0 Å². The van der Waals surface area contributed by atoms with Gasteiger partial charge in [0, 0.05) is 19.7 Å². The Morgan fingerprint density at radius 3 is 2.43 bits per heavy atom. The second kappa shape index (κ2) is 5.69. The molecule has 0 radical (unpaired) electrons. The van der Waals surface area contributed by atoms with Gasteiger partial charge in [0.1, 0.15) is 0 Å². The highest BCUT2D eigenvalue weighted by molar-refractivity contribution is 4.87. The van der Waals surface area contributed by atoms with Gasteiger partial charge in [-0.2, -0.15) is 0 Å². The number of hydrogen-bond acceptors (Lipinski definition) is 3. The first kappa shape index (κ1) is 12.0. The van der Waals surface area contributed by atoms with E-state index < -0.39 is 5.60 Å². The third-order valence-corrected chi connectivity index (χ3v) is 3.13.